The van der Waals surface area contributed by atoms with Crippen LogP contribution in [0.4, 0.5) is 8.78 Å². The molecule has 2 N–H and O–H groups in total. The first-order chi connectivity index (χ1) is 12.0. The Bertz CT molecular complexity index is 960. The first-order valence-electron chi connectivity index (χ1n) is 7.38. The number of hydrogen-bond acceptors (Lipinski definition) is 4. The van der Waals surface area contributed by atoms with Crippen LogP contribution in [0.1, 0.15) is 16.1 Å². The minimum Gasteiger partial charge on any atom is -0.503 e. The van der Waals surface area contributed by atoms with Gasteiger partial charge in [0.15, 0.2) is 17.4 Å². The summed E-state index contributed by atoms with van der Waals surface area (Å²) < 4.78 is 32.4. The van der Waals surface area contributed by atoms with Gasteiger partial charge >= 0.3 is 0 Å². The summed E-state index contributed by atoms with van der Waals surface area (Å²) in [7, 11) is 1.55. The van der Waals surface area contributed by atoms with Gasteiger partial charge in [0.1, 0.15) is 17.0 Å². The van der Waals surface area contributed by atoms with Crippen molar-refractivity contribution < 1.29 is 23.4 Å². The highest BCUT2D eigenvalue weighted by atomic mass is 19.1. The van der Waals surface area contributed by atoms with Crippen LogP contribution in [0.25, 0.3) is 10.9 Å². The lowest BCUT2D eigenvalue weighted by Crippen LogP contribution is -2.23. The van der Waals surface area contributed by atoms with Gasteiger partial charge in [-0.05, 0) is 29.8 Å². The maximum atomic E-state index is 13.9. The highest BCUT2D eigenvalue weighted by Gasteiger charge is 2.16. The molecule has 0 saturated carbocycles. The largest absolute Gasteiger partial charge is 0.503 e. The Balaban J connectivity index is 1.82. The molecule has 0 unspecified atom stereocenters. The first-order valence-corrected chi connectivity index (χ1v) is 7.38. The number of amides is 1. The van der Waals surface area contributed by atoms with Crippen molar-refractivity contribution in [3.05, 3.63) is 65.4 Å². The van der Waals surface area contributed by atoms with Crippen LogP contribution in [0, 0.1) is 11.6 Å². The van der Waals surface area contributed by atoms with Crippen LogP contribution in [-0.4, -0.2) is 23.1 Å². The van der Waals surface area contributed by atoms with Crippen molar-refractivity contribution in [3.8, 4) is 11.5 Å². The molecule has 0 aliphatic heterocycles. The Morgan fingerprint density at radius 3 is 2.80 bits per heavy atom. The second kappa shape index (κ2) is 6.72. The highest BCUT2D eigenvalue weighted by molar-refractivity contribution is 5.95. The van der Waals surface area contributed by atoms with Gasteiger partial charge in [0.25, 0.3) is 5.91 Å². The van der Waals surface area contributed by atoms with Crippen LogP contribution in [0.2, 0.25) is 0 Å². The second-order valence-electron chi connectivity index (χ2n) is 5.32. The molecule has 0 spiro atoms. The molecule has 0 radical (unpaired) electrons. The van der Waals surface area contributed by atoms with Crippen molar-refractivity contribution in [2.24, 2.45) is 0 Å². The molecular formula is C18H14F2N2O3. The molecule has 128 valence electrons. The molecule has 7 heteroatoms. The van der Waals surface area contributed by atoms with E-state index in [1.165, 1.54) is 12.1 Å². The van der Waals surface area contributed by atoms with Crippen LogP contribution in [-0.2, 0) is 6.54 Å². The van der Waals surface area contributed by atoms with E-state index in [0.29, 0.717) is 5.75 Å². The maximum Gasteiger partial charge on any atom is 0.270 e. The monoisotopic (exact) mass is 344 g/mol. The number of fused-ring (bicyclic) bond motifs is 1. The summed E-state index contributed by atoms with van der Waals surface area (Å²) in [5.74, 6) is -3.25. The zero-order valence-electron chi connectivity index (χ0n) is 13.2. The third-order valence-electron chi connectivity index (χ3n) is 3.67. The Hall–Kier alpha value is -3.22. The third-order valence-corrected chi connectivity index (χ3v) is 3.67. The van der Waals surface area contributed by atoms with E-state index in [-0.39, 0.29) is 23.1 Å². The van der Waals surface area contributed by atoms with Crippen LogP contribution in [0.5, 0.6) is 11.5 Å². The van der Waals surface area contributed by atoms with Crippen molar-refractivity contribution in [2.45, 2.75) is 6.54 Å². The quantitative estimate of drug-likeness (QED) is 0.763. The number of hydrogen-bond donors (Lipinski definition) is 2. The lowest BCUT2D eigenvalue weighted by Gasteiger charge is -2.08. The number of methoxy groups -OCH3 is 1. The van der Waals surface area contributed by atoms with Gasteiger partial charge in [0, 0.05) is 11.9 Å². The van der Waals surface area contributed by atoms with Crippen LogP contribution in [0.15, 0.2) is 42.5 Å². The highest BCUT2D eigenvalue weighted by Crippen LogP contribution is 2.27. The molecule has 25 heavy (non-hydrogen) atoms. The van der Waals surface area contributed by atoms with Gasteiger partial charge in [-0.2, -0.15) is 0 Å². The minimum atomic E-state index is -1.20. The zero-order valence-corrected chi connectivity index (χ0v) is 13.2. The van der Waals surface area contributed by atoms with Gasteiger partial charge < -0.3 is 15.2 Å². The number of carbonyl (C=O) groups excluding carboxylic acids is 1. The fraction of sp³-hybridized carbons (Fsp3) is 0.111. The average molecular weight is 344 g/mol. The van der Waals surface area contributed by atoms with Crippen molar-refractivity contribution in [1.29, 1.82) is 0 Å². The number of benzene rings is 2. The normalized spacial score (nSPS) is 10.7. The van der Waals surface area contributed by atoms with Crippen molar-refractivity contribution in [3.63, 3.8) is 0 Å². The predicted molar refractivity (Wildman–Crippen MR) is 87.5 cm³/mol. The number of nitrogens with zero attached hydrogens (tertiary/aromatic N) is 1. The number of phenols is 1. The van der Waals surface area contributed by atoms with Gasteiger partial charge in [-0.25, -0.2) is 13.8 Å². The molecule has 1 amide bonds. The summed E-state index contributed by atoms with van der Waals surface area (Å²) in [5, 5.41) is 12.1. The molecule has 0 aliphatic carbocycles. The topological polar surface area (TPSA) is 71.5 Å². The van der Waals surface area contributed by atoms with Crippen LogP contribution >= 0.6 is 0 Å². The number of nitrogens with one attached hydrogen (secondary N) is 1. The number of halogens is 2. The average Bonchev–Trinajstić information content (AvgIpc) is 2.64. The number of aromatic hydroxyl groups is 1. The Labute approximate surface area is 141 Å². The van der Waals surface area contributed by atoms with Gasteiger partial charge in [-0.3, -0.25) is 4.79 Å². The number of phenolic OH excluding ortho intramolecular Hbond substituents is 1. The zero-order chi connectivity index (χ0) is 18.0. The van der Waals surface area contributed by atoms with E-state index >= 15 is 0 Å². The fourth-order valence-corrected chi connectivity index (χ4v) is 2.37. The number of carbonyl (C=O) groups is 1. The molecule has 3 aromatic rings. The molecule has 0 bridgehead atoms. The smallest absolute Gasteiger partial charge is 0.270 e. The molecule has 2 aromatic carbocycles. The Morgan fingerprint density at radius 2 is 2.04 bits per heavy atom. The second-order valence-corrected chi connectivity index (χ2v) is 5.32. The molecule has 5 nitrogen and oxygen atoms in total. The summed E-state index contributed by atoms with van der Waals surface area (Å²) in [6.07, 6.45) is 0. The predicted octanol–water partition coefficient (Wildman–Crippen LogP) is 3.16. The molecule has 0 atom stereocenters. The van der Waals surface area contributed by atoms with Gasteiger partial charge in [0.05, 0.1) is 7.11 Å². The summed E-state index contributed by atoms with van der Waals surface area (Å²) in [4.78, 5) is 16.1. The molecule has 0 aliphatic rings. The SMILES string of the molecule is COc1cccc(CNC(=O)c2ccc3cc(F)c(O)c(F)c3n2)c1. The van der Waals surface area contributed by atoms with Crippen LogP contribution < -0.4 is 10.1 Å². The van der Waals surface area contributed by atoms with Crippen LogP contribution in [0.3, 0.4) is 0 Å². The molecular weight excluding hydrogens is 330 g/mol. The van der Waals surface area contributed by atoms with E-state index in [1.807, 2.05) is 6.07 Å². The van der Waals surface area contributed by atoms with Gasteiger partial charge in [0.2, 0.25) is 0 Å². The summed E-state index contributed by atoms with van der Waals surface area (Å²) in [6.45, 7) is 0.229. The number of aromatic nitrogens is 1. The van der Waals surface area contributed by atoms with Crippen molar-refractivity contribution in [2.75, 3.05) is 7.11 Å². The molecule has 0 fully saturated rings. The summed E-state index contributed by atoms with van der Waals surface area (Å²) in [5.41, 5.74) is 0.507. The lowest BCUT2D eigenvalue weighted by atomic mass is 10.1. The standard InChI is InChI=1S/C18H14F2N2O3/c1-25-12-4-2-3-10(7-12)9-21-18(24)14-6-5-11-8-13(19)17(23)15(20)16(11)22-14/h2-8,23H,9H2,1H3,(H,21,24). The van der Waals surface area contributed by atoms with Crippen molar-refractivity contribution in [1.82, 2.24) is 10.3 Å². The molecule has 0 saturated heterocycles. The minimum absolute atomic E-state index is 0.0414. The van der Waals surface area contributed by atoms with E-state index in [0.717, 1.165) is 11.6 Å². The van der Waals surface area contributed by atoms with Gasteiger partial charge in [-0.15, -0.1) is 0 Å². The van der Waals surface area contributed by atoms with E-state index in [4.69, 9.17) is 4.74 Å². The van der Waals surface area contributed by atoms with Gasteiger partial charge in [-0.1, -0.05) is 18.2 Å². The van der Waals surface area contributed by atoms with E-state index < -0.39 is 23.3 Å². The number of ether oxygens (including phenoxy) is 1. The van der Waals surface area contributed by atoms with E-state index in [1.54, 1.807) is 25.3 Å². The molecule has 3 rings (SSSR count). The third kappa shape index (κ3) is 3.35. The fourth-order valence-electron chi connectivity index (χ4n) is 2.37. The Morgan fingerprint density at radius 1 is 1.24 bits per heavy atom. The number of pyridine rings is 1. The molecule has 1 heterocycles. The summed E-state index contributed by atoms with van der Waals surface area (Å²) >= 11 is 0. The maximum absolute atomic E-state index is 13.9. The van der Waals surface area contributed by atoms with E-state index in [9.17, 15) is 18.7 Å². The Kier molecular flexibility index (Phi) is 4.47. The lowest BCUT2D eigenvalue weighted by molar-refractivity contribution is 0.0946. The van der Waals surface area contributed by atoms with Crippen molar-refractivity contribution >= 4 is 16.8 Å². The number of rotatable bonds is 4. The van der Waals surface area contributed by atoms with E-state index in [2.05, 4.69) is 10.3 Å². The first kappa shape index (κ1) is 16.6. The summed E-state index contributed by atoms with van der Waals surface area (Å²) in [6, 6.07) is 10.9. The molecule has 1 aromatic heterocycles.